The van der Waals surface area contributed by atoms with Crippen molar-refractivity contribution < 1.29 is 0 Å². The minimum atomic E-state index is 0.455. The molecule has 108 valence electrons. The lowest BCUT2D eigenvalue weighted by atomic mass is 9.92. The lowest BCUT2D eigenvalue weighted by Crippen LogP contribution is -2.63. The van der Waals surface area contributed by atoms with Crippen molar-refractivity contribution in [2.45, 2.75) is 62.6 Å². The maximum Gasteiger partial charge on any atom is 0.0309 e. The zero-order valence-corrected chi connectivity index (χ0v) is 12.5. The van der Waals surface area contributed by atoms with Crippen molar-refractivity contribution in [3.63, 3.8) is 0 Å². The van der Waals surface area contributed by atoms with Crippen molar-refractivity contribution in [3.05, 3.63) is 35.9 Å². The number of nitrogens with zero attached hydrogens (tertiary/aromatic N) is 1. The van der Waals surface area contributed by atoms with Crippen LogP contribution in [-0.4, -0.2) is 35.6 Å². The van der Waals surface area contributed by atoms with E-state index in [0.29, 0.717) is 11.6 Å². The molecule has 2 saturated carbocycles. The van der Waals surface area contributed by atoms with Gasteiger partial charge in [-0.3, -0.25) is 4.90 Å². The summed E-state index contributed by atoms with van der Waals surface area (Å²) in [6.45, 7) is 4.86. The van der Waals surface area contributed by atoms with Crippen LogP contribution < -0.4 is 5.32 Å². The highest BCUT2D eigenvalue weighted by Crippen LogP contribution is 2.47. The molecule has 0 radical (unpaired) electrons. The molecule has 1 spiro atoms. The van der Waals surface area contributed by atoms with E-state index in [1.54, 1.807) is 5.56 Å². The second-order valence-electron chi connectivity index (χ2n) is 7.21. The summed E-state index contributed by atoms with van der Waals surface area (Å²) in [5.41, 5.74) is 2.00. The minimum absolute atomic E-state index is 0.455. The van der Waals surface area contributed by atoms with Crippen molar-refractivity contribution in [1.82, 2.24) is 10.2 Å². The lowest BCUT2D eigenvalue weighted by molar-refractivity contribution is 0.0804. The zero-order chi connectivity index (χ0) is 13.6. The monoisotopic (exact) mass is 270 g/mol. The van der Waals surface area contributed by atoms with Crippen LogP contribution in [0.5, 0.6) is 0 Å². The fraction of sp³-hybridized carbons (Fsp3) is 0.667. The Bertz CT molecular complexity index is 464. The van der Waals surface area contributed by atoms with Gasteiger partial charge in [-0.1, -0.05) is 43.2 Å². The van der Waals surface area contributed by atoms with Gasteiger partial charge in [0.15, 0.2) is 0 Å². The van der Waals surface area contributed by atoms with Gasteiger partial charge in [0.2, 0.25) is 0 Å². The molecule has 2 heteroatoms. The summed E-state index contributed by atoms with van der Waals surface area (Å²) >= 11 is 0. The van der Waals surface area contributed by atoms with Crippen LogP contribution >= 0.6 is 0 Å². The first-order valence-corrected chi connectivity index (χ1v) is 8.33. The second-order valence-corrected chi connectivity index (χ2v) is 7.21. The number of hydrogen-bond donors (Lipinski definition) is 1. The average Bonchev–Trinajstić information content (AvgIpc) is 3.16. The number of rotatable bonds is 2. The normalized spacial score (nSPS) is 36.4. The first-order valence-electron chi connectivity index (χ1n) is 8.33. The molecule has 1 aliphatic heterocycles. The smallest absolute Gasteiger partial charge is 0.0309 e. The predicted octanol–water partition coefficient (Wildman–Crippen LogP) is 3.15. The van der Waals surface area contributed by atoms with E-state index in [9.17, 15) is 0 Å². The molecule has 1 heterocycles. The number of piperazine rings is 1. The van der Waals surface area contributed by atoms with Gasteiger partial charge in [-0.25, -0.2) is 0 Å². The van der Waals surface area contributed by atoms with E-state index >= 15 is 0 Å². The quantitative estimate of drug-likeness (QED) is 0.888. The highest BCUT2D eigenvalue weighted by molar-refractivity contribution is 5.28. The van der Waals surface area contributed by atoms with Gasteiger partial charge in [0, 0.05) is 36.6 Å². The van der Waals surface area contributed by atoms with E-state index in [1.165, 1.54) is 45.2 Å². The van der Waals surface area contributed by atoms with Gasteiger partial charge in [-0.15, -0.1) is 0 Å². The molecule has 4 rings (SSSR count). The summed E-state index contributed by atoms with van der Waals surface area (Å²) < 4.78 is 0. The maximum atomic E-state index is 3.87. The Hall–Kier alpha value is -0.860. The van der Waals surface area contributed by atoms with Gasteiger partial charge >= 0.3 is 0 Å². The van der Waals surface area contributed by atoms with Crippen molar-refractivity contribution in [2.24, 2.45) is 0 Å². The molecule has 1 N–H and O–H groups in total. The summed E-state index contributed by atoms with van der Waals surface area (Å²) in [5, 5.41) is 3.87. The second kappa shape index (κ2) is 4.85. The molecule has 1 saturated heterocycles. The predicted molar refractivity (Wildman–Crippen MR) is 83.0 cm³/mol. The van der Waals surface area contributed by atoms with Crippen molar-refractivity contribution in [3.8, 4) is 0 Å². The van der Waals surface area contributed by atoms with Gasteiger partial charge in [0.25, 0.3) is 0 Å². The highest BCUT2D eigenvalue weighted by Gasteiger charge is 2.49. The molecule has 20 heavy (non-hydrogen) atoms. The molecule has 3 aliphatic rings. The van der Waals surface area contributed by atoms with Crippen LogP contribution in [0, 0.1) is 0 Å². The van der Waals surface area contributed by atoms with Crippen molar-refractivity contribution in [1.29, 1.82) is 0 Å². The molecule has 1 aromatic rings. The van der Waals surface area contributed by atoms with Gasteiger partial charge in [0.1, 0.15) is 0 Å². The molecule has 3 unspecified atom stereocenters. The summed E-state index contributed by atoms with van der Waals surface area (Å²) in [6, 6.07) is 12.6. The molecule has 0 aromatic heterocycles. The van der Waals surface area contributed by atoms with E-state index in [4.69, 9.17) is 0 Å². The summed E-state index contributed by atoms with van der Waals surface area (Å²) in [7, 11) is 0. The summed E-state index contributed by atoms with van der Waals surface area (Å²) in [5.74, 6) is 0.787. The third-order valence-corrected chi connectivity index (χ3v) is 5.79. The van der Waals surface area contributed by atoms with E-state index in [1.807, 2.05) is 0 Å². The topological polar surface area (TPSA) is 15.3 Å². The van der Waals surface area contributed by atoms with Crippen LogP contribution in [0.3, 0.4) is 0 Å². The molecular formula is C18H26N2. The Balaban J connectivity index is 1.48. The zero-order valence-electron chi connectivity index (χ0n) is 12.5. The molecule has 2 aliphatic carbocycles. The first-order chi connectivity index (χ1) is 9.77. The largest absolute Gasteiger partial charge is 0.308 e. The molecular weight excluding hydrogens is 244 g/mol. The molecule has 0 bridgehead atoms. The Morgan fingerprint density at radius 2 is 1.90 bits per heavy atom. The van der Waals surface area contributed by atoms with Crippen molar-refractivity contribution >= 4 is 0 Å². The summed E-state index contributed by atoms with van der Waals surface area (Å²) in [4.78, 5) is 2.82. The van der Waals surface area contributed by atoms with Gasteiger partial charge in [-0.2, -0.15) is 0 Å². The number of benzene rings is 1. The van der Waals surface area contributed by atoms with Crippen LogP contribution in [0.25, 0.3) is 0 Å². The molecule has 1 aromatic carbocycles. The Kier molecular flexibility index (Phi) is 3.12. The minimum Gasteiger partial charge on any atom is -0.308 e. The first kappa shape index (κ1) is 12.8. The molecule has 3 atom stereocenters. The van der Waals surface area contributed by atoms with Crippen molar-refractivity contribution in [2.75, 3.05) is 13.1 Å². The Morgan fingerprint density at radius 3 is 2.65 bits per heavy atom. The maximum absolute atomic E-state index is 3.87. The SMILES string of the molecule is CC1CNC2(CCCC2)CN1C1CC1c1ccccc1. The lowest BCUT2D eigenvalue weighted by Gasteiger charge is -2.46. The fourth-order valence-electron chi connectivity index (χ4n) is 4.48. The van der Waals surface area contributed by atoms with Gasteiger partial charge in [0.05, 0.1) is 0 Å². The molecule has 2 nitrogen and oxygen atoms in total. The van der Waals surface area contributed by atoms with Crippen LogP contribution in [0.15, 0.2) is 30.3 Å². The highest BCUT2D eigenvalue weighted by atomic mass is 15.3. The van der Waals surface area contributed by atoms with Crippen LogP contribution in [0.4, 0.5) is 0 Å². The van der Waals surface area contributed by atoms with Crippen LogP contribution in [0.2, 0.25) is 0 Å². The van der Waals surface area contributed by atoms with Crippen LogP contribution in [0.1, 0.15) is 50.5 Å². The van der Waals surface area contributed by atoms with E-state index in [0.717, 1.165) is 12.0 Å². The van der Waals surface area contributed by atoms with E-state index in [2.05, 4.69) is 47.5 Å². The summed E-state index contributed by atoms with van der Waals surface area (Å²) in [6.07, 6.45) is 6.98. The van der Waals surface area contributed by atoms with Gasteiger partial charge in [-0.05, 0) is 31.7 Å². The fourth-order valence-corrected chi connectivity index (χ4v) is 4.48. The number of nitrogens with one attached hydrogen (secondary N) is 1. The average molecular weight is 270 g/mol. The third-order valence-electron chi connectivity index (χ3n) is 5.79. The van der Waals surface area contributed by atoms with E-state index < -0.39 is 0 Å². The molecule has 3 fully saturated rings. The van der Waals surface area contributed by atoms with E-state index in [-0.39, 0.29) is 0 Å². The van der Waals surface area contributed by atoms with Gasteiger partial charge < -0.3 is 5.32 Å². The number of hydrogen-bond acceptors (Lipinski definition) is 2. The van der Waals surface area contributed by atoms with Crippen LogP contribution in [-0.2, 0) is 0 Å². The Morgan fingerprint density at radius 1 is 1.15 bits per heavy atom. The molecule has 0 amide bonds. The standard InChI is InChI=1S/C18H26N2/c1-14-12-19-18(9-5-6-10-18)13-20(14)17-11-16(17)15-7-3-2-4-8-15/h2-4,7-8,14,16-17,19H,5-6,9-13H2,1H3. The Labute approximate surface area is 122 Å². The third kappa shape index (κ3) is 2.19.